The van der Waals surface area contributed by atoms with E-state index in [0.717, 1.165) is 0 Å². The van der Waals surface area contributed by atoms with Gasteiger partial charge in [-0.15, -0.1) is 0 Å². The molecular weight excluding hydrogens is 142 g/mol. The predicted molar refractivity (Wildman–Crippen MR) is 32.6 cm³/mol. The summed E-state index contributed by atoms with van der Waals surface area (Å²) in [6.07, 6.45) is 0. The fourth-order valence-corrected chi connectivity index (χ4v) is 1.44. The van der Waals surface area contributed by atoms with E-state index in [-0.39, 0.29) is 5.25 Å². The zero-order chi connectivity index (χ0) is 6.91. The van der Waals surface area contributed by atoms with Gasteiger partial charge in [-0.05, 0) is 7.05 Å². The van der Waals surface area contributed by atoms with Crippen LogP contribution < -0.4 is 4.72 Å². The first-order chi connectivity index (χ1) is 4.17. The summed E-state index contributed by atoms with van der Waals surface area (Å²) in [5.74, 6) is 0. The summed E-state index contributed by atoms with van der Waals surface area (Å²) in [4.78, 5) is 0. The van der Waals surface area contributed by atoms with E-state index >= 15 is 0 Å². The van der Waals surface area contributed by atoms with Gasteiger partial charge >= 0.3 is 0 Å². The van der Waals surface area contributed by atoms with Crippen LogP contribution in [-0.2, 0) is 14.8 Å². The van der Waals surface area contributed by atoms with E-state index in [1.807, 2.05) is 0 Å². The third-order valence-corrected chi connectivity index (χ3v) is 3.05. The first kappa shape index (κ1) is 6.98. The molecule has 4 nitrogen and oxygen atoms in total. The summed E-state index contributed by atoms with van der Waals surface area (Å²) in [5, 5.41) is -0.317. The van der Waals surface area contributed by atoms with Crippen LogP contribution in [0.1, 0.15) is 0 Å². The molecule has 54 valence electrons. The highest BCUT2D eigenvalue weighted by Crippen LogP contribution is 2.08. The molecule has 5 heteroatoms. The smallest absolute Gasteiger partial charge is 0.218 e. The lowest BCUT2D eigenvalue weighted by molar-refractivity contribution is 0.0412. The van der Waals surface area contributed by atoms with Crippen LogP contribution >= 0.6 is 0 Å². The summed E-state index contributed by atoms with van der Waals surface area (Å²) in [6, 6.07) is 0. The Labute approximate surface area is 54.3 Å². The van der Waals surface area contributed by atoms with Crippen molar-refractivity contribution in [2.75, 3.05) is 20.3 Å². The summed E-state index contributed by atoms with van der Waals surface area (Å²) in [5.41, 5.74) is 0. The maximum atomic E-state index is 10.8. The van der Waals surface area contributed by atoms with Crippen molar-refractivity contribution >= 4 is 10.0 Å². The Hall–Kier alpha value is -0.130. The van der Waals surface area contributed by atoms with Crippen molar-refractivity contribution in [2.24, 2.45) is 0 Å². The van der Waals surface area contributed by atoms with E-state index in [9.17, 15) is 8.42 Å². The number of nitrogens with one attached hydrogen (secondary N) is 1. The molecule has 0 bridgehead atoms. The van der Waals surface area contributed by atoms with E-state index in [2.05, 4.69) is 4.72 Å². The van der Waals surface area contributed by atoms with Gasteiger partial charge < -0.3 is 4.74 Å². The molecule has 0 spiro atoms. The summed E-state index contributed by atoms with van der Waals surface area (Å²) < 4.78 is 28.5. The third-order valence-electron chi connectivity index (χ3n) is 1.33. The molecule has 0 aromatic carbocycles. The third kappa shape index (κ3) is 1.23. The highest BCUT2D eigenvalue weighted by Gasteiger charge is 2.30. The van der Waals surface area contributed by atoms with Crippen LogP contribution in [-0.4, -0.2) is 33.9 Å². The van der Waals surface area contributed by atoms with Crippen molar-refractivity contribution in [1.29, 1.82) is 0 Å². The highest BCUT2D eigenvalue weighted by molar-refractivity contribution is 7.90. The van der Waals surface area contributed by atoms with Crippen LogP contribution in [0.2, 0.25) is 0 Å². The van der Waals surface area contributed by atoms with E-state index in [4.69, 9.17) is 4.74 Å². The second-order valence-corrected chi connectivity index (χ2v) is 4.07. The monoisotopic (exact) mass is 151 g/mol. The molecule has 0 amide bonds. The largest absolute Gasteiger partial charge is 0.378 e. The number of hydrogen-bond donors (Lipinski definition) is 1. The molecule has 1 saturated heterocycles. The minimum absolute atomic E-state index is 0.317. The number of rotatable bonds is 2. The molecular formula is C4H9NO3S. The second-order valence-electron chi connectivity index (χ2n) is 1.91. The second kappa shape index (κ2) is 2.24. The molecule has 1 aliphatic heterocycles. The Morgan fingerprint density at radius 2 is 2.11 bits per heavy atom. The van der Waals surface area contributed by atoms with Gasteiger partial charge in [0.25, 0.3) is 0 Å². The molecule has 0 saturated carbocycles. The van der Waals surface area contributed by atoms with Crippen molar-refractivity contribution in [3.05, 3.63) is 0 Å². The molecule has 0 aliphatic carbocycles. The molecule has 0 aromatic rings. The van der Waals surface area contributed by atoms with Gasteiger partial charge in [0.05, 0.1) is 13.2 Å². The summed E-state index contributed by atoms with van der Waals surface area (Å²) in [7, 11) is -1.63. The van der Waals surface area contributed by atoms with Crippen LogP contribution in [0, 0.1) is 0 Å². The van der Waals surface area contributed by atoms with Gasteiger partial charge in [-0.1, -0.05) is 0 Å². The Morgan fingerprint density at radius 3 is 2.22 bits per heavy atom. The highest BCUT2D eigenvalue weighted by atomic mass is 32.2. The molecule has 0 radical (unpaired) electrons. The molecule has 1 heterocycles. The lowest BCUT2D eigenvalue weighted by atomic mass is 10.4. The quantitative estimate of drug-likeness (QED) is 0.547. The molecule has 1 fully saturated rings. The molecule has 0 unspecified atom stereocenters. The Bertz CT molecular complexity index is 182. The van der Waals surface area contributed by atoms with Crippen LogP contribution in [0.3, 0.4) is 0 Å². The zero-order valence-corrected chi connectivity index (χ0v) is 5.94. The average Bonchev–Trinajstić information content (AvgIpc) is 1.60. The average molecular weight is 151 g/mol. The topological polar surface area (TPSA) is 55.4 Å². The SMILES string of the molecule is CNS(=O)(=O)C1COC1. The van der Waals surface area contributed by atoms with Crippen LogP contribution in [0.5, 0.6) is 0 Å². The number of hydrogen-bond acceptors (Lipinski definition) is 3. The predicted octanol–water partition coefficient (Wildman–Crippen LogP) is -1.07. The minimum atomic E-state index is -3.04. The molecule has 1 rings (SSSR count). The van der Waals surface area contributed by atoms with Gasteiger partial charge in [0.1, 0.15) is 5.25 Å². The van der Waals surface area contributed by atoms with Crippen molar-refractivity contribution in [3.63, 3.8) is 0 Å². The van der Waals surface area contributed by atoms with Crippen LogP contribution in [0.25, 0.3) is 0 Å². The van der Waals surface area contributed by atoms with Gasteiger partial charge in [-0.25, -0.2) is 13.1 Å². The summed E-state index contributed by atoms with van der Waals surface area (Å²) >= 11 is 0. The molecule has 9 heavy (non-hydrogen) atoms. The molecule has 1 aliphatic rings. The fourth-order valence-electron chi connectivity index (χ4n) is 0.560. The van der Waals surface area contributed by atoms with Crippen molar-refractivity contribution in [2.45, 2.75) is 5.25 Å². The van der Waals surface area contributed by atoms with E-state index in [1.54, 1.807) is 0 Å². The Morgan fingerprint density at radius 1 is 1.56 bits per heavy atom. The van der Waals surface area contributed by atoms with E-state index < -0.39 is 10.0 Å². The maximum absolute atomic E-state index is 10.8. The number of ether oxygens (including phenoxy) is 1. The Balaban J connectivity index is 2.59. The standard InChI is InChI=1S/C4H9NO3S/c1-5-9(6,7)4-2-8-3-4/h4-5H,2-3H2,1H3. The lowest BCUT2D eigenvalue weighted by Gasteiger charge is -2.24. The van der Waals surface area contributed by atoms with Crippen molar-refractivity contribution in [3.8, 4) is 0 Å². The van der Waals surface area contributed by atoms with Crippen LogP contribution in [0.15, 0.2) is 0 Å². The molecule has 1 N–H and O–H groups in total. The first-order valence-corrected chi connectivity index (χ1v) is 4.21. The maximum Gasteiger partial charge on any atom is 0.218 e. The lowest BCUT2D eigenvalue weighted by Crippen LogP contribution is -2.45. The van der Waals surface area contributed by atoms with E-state index in [1.165, 1.54) is 7.05 Å². The fraction of sp³-hybridized carbons (Fsp3) is 1.00. The van der Waals surface area contributed by atoms with Gasteiger partial charge in [0, 0.05) is 0 Å². The van der Waals surface area contributed by atoms with Gasteiger partial charge in [-0.3, -0.25) is 0 Å². The normalized spacial score (nSPS) is 21.4. The minimum Gasteiger partial charge on any atom is -0.378 e. The van der Waals surface area contributed by atoms with Crippen LogP contribution in [0.4, 0.5) is 0 Å². The van der Waals surface area contributed by atoms with Crippen molar-refractivity contribution in [1.82, 2.24) is 4.72 Å². The van der Waals surface area contributed by atoms with Gasteiger partial charge in [-0.2, -0.15) is 0 Å². The molecule has 0 atom stereocenters. The Kier molecular flexibility index (Phi) is 1.74. The van der Waals surface area contributed by atoms with Crippen molar-refractivity contribution < 1.29 is 13.2 Å². The van der Waals surface area contributed by atoms with Gasteiger partial charge in [0.2, 0.25) is 10.0 Å². The summed E-state index contributed by atoms with van der Waals surface area (Å²) in [6.45, 7) is 0.673. The molecule has 0 aromatic heterocycles. The zero-order valence-electron chi connectivity index (χ0n) is 5.12. The first-order valence-electron chi connectivity index (χ1n) is 2.67. The van der Waals surface area contributed by atoms with Gasteiger partial charge in [0.15, 0.2) is 0 Å². The van der Waals surface area contributed by atoms with E-state index in [0.29, 0.717) is 13.2 Å². The number of sulfonamides is 1.